The number of amides is 10. The lowest BCUT2D eigenvalue weighted by Crippen LogP contribution is -2.61. The number of primary amides is 1. The zero-order chi connectivity index (χ0) is 55.0. The molecule has 26 heteroatoms. The van der Waals surface area contributed by atoms with Crippen LogP contribution in [0.2, 0.25) is 0 Å². The molecule has 75 heavy (non-hydrogen) atoms. The van der Waals surface area contributed by atoms with E-state index in [0.29, 0.717) is 12.0 Å². The van der Waals surface area contributed by atoms with Crippen molar-refractivity contribution in [1.82, 2.24) is 57.7 Å². The van der Waals surface area contributed by atoms with Gasteiger partial charge < -0.3 is 70.0 Å². The van der Waals surface area contributed by atoms with E-state index in [1.807, 2.05) is 18.2 Å². The van der Waals surface area contributed by atoms with Gasteiger partial charge in [0.1, 0.15) is 42.1 Å². The highest BCUT2D eigenvalue weighted by Gasteiger charge is 2.36. The predicted molar refractivity (Wildman–Crippen MR) is 275 cm³/mol. The maximum absolute atomic E-state index is 15.4. The minimum Gasteiger partial charge on any atom is -0.370 e. The molecule has 0 saturated carbocycles. The Hall–Kier alpha value is -8.32. The number of guanidine groups is 2. The highest BCUT2D eigenvalue weighted by Crippen LogP contribution is 2.20. The van der Waals surface area contributed by atoms with Crippen molar-refractivity contribution in [2.24, 2.45) is 17.2 Å². The van der Waals surface area contributed by atoms with E-state index in [9.17, 15) is 43.2 Å². The Balaban J connectivity index is 1.80. The van der Waals surface area contributed by atoms with Gasteiger partial charge in [-0.2, -0.15) is 0 Å². The topological polar surface area (TPSA) is 407 Å². The SMILES string of the molecule is CCCCN1C(=O)N[C@H](Cc2ccccc2F)C(=O)N[C@@H](CCCNC(=N)N)C(=O)N[C@@H](Cc2c[nH]c3ccccc23)C(=O)N[C@H](C(N)=O)CCCNC(=O)CC[C@H](NC(=O)[C@H](CCCNC(=N)N)NC(C)=O)C1=O. The zero-order valence-electron chi connectivity index (χ0n) is 42.2. The summed E-state index contributed by atoms with van der Waals surface area (Å²) in [6.45, 7) is 2.91. The standard InChI is InChI=1S/C49H71FN16O9/c1-3-4-24-66-46(74)37(63-42(70)35(60-28(2)67)17-10-22-57-47(52)53)19-20-40(68)56-21-9-16-34(41(51)69)61-44(72)38(26-30-27-59-33-15-8-6-13-31(30)33)64-43(71)36(18-11-23-58-48(54)55)62-45(73)39(65-49(66)75)25-29-12-5-7-14-32(29)50/h5-8,12-15,27,34-39,59H,3-4,9-11,16-26H2,1-2H3,(H2,51,69)(H,56,68)(H,60,67)(H,61,72)(H,62,73)(H,63,70)(H,64,71)(H,65,75)(H4,52,53,57)(H4,54,55,58)/t34-,35-,36-,37-,38-,39+/m0/s1. The van der Waals surface area contributed by atoms with Gasteiger partial charge in [0.15, 0.2) is 11.9 Å². The summed E-state index contributed by atoms with van der Waals surface area (Å²) in [6, 6.07) is 2.87. The fourth-order valence-electron chi connectivity index (χ4n) is 8.24. The number of imide groups is 1. The van der Waals surface area contributed by atoms with E-state index < -0.39 is 102 Å². The van der Waals surface area contributed by atoms with Gasteiger partial charge in [0.2, 0.25) is 41.4 Å². The number of hydrogen-bond acceptors (Lipinski definition) is 11. The first kappa shape index (κ1) is 59.2. The molecule has 3 aromatic rings. The van der Waals surface area contributed by atoms with Gasteiger partial charge in [0, 0.05) is 69.5 Å². The van der Waals surface area contributed by atoms with Crippen LogP contribution in [0.15, 0.2) is 54.7 Å². The Morgan fingerprint density at radius 1 is 0.787 bits per heavy atom. The molecule has 0 spiro atoms. The molecule has 4 rings (SSSR count). The summed E-state index contributed by atoms with van der Waals surface area (Å²) in [7, 11) is 0. The third-order valence-electron chi connectivity index (χ3n) is 12.2. The smallest absolute Gasteiger partial charge is 0.324 e. The third-order valence-corrected chi connectivity index (χ3v) is 12.2. The number of H-pyrrole nitrogens is 1. The van der Waals surface area contributed by atoms with Crippen molar-refractivity contribution in [3.8, 4) is 0 Å². The quantitative estimate of drug-likeness (QED) is 0.0388. The average molecular weight is 1050 g/mol. The molecule has 0 unspecified atom stereocenters. The van der Waals surface area contributed by atoms with E-state index in [4.69, 9.17) is 28.0 Å². The van der Waals surface area contributed by atoms with Crippen molar-refractivity contribution in [3.63, 3.8) is 0 Å². The van der Waals surface area contributed by atoms with Gasteiger partial charge in [-0.1, -0.05) is 49.7 Å². The second-order valence-corrected chi connectivity index (χ2v) is 18.1. The molecular weight excluding hydrogens is 976 g/mol. The summed E-state index contributed by atoms with van der Waals surface area (Å²) in [6.07, 6.45) is 1.25. The van der Waals surface area contributed by atoms with Crippen LogP contribution in [0, 0.1) is 16.6 Å². The molecule has 408 valence electrons. The molecule has 10 amide bonds. The van der Waals surface area contributed by atoms with E-state index in [1.165, 1.54) is 25.1 Å². The van der Waals surface area contributed by atoms with E-state index in [2.05, 4.69) is 52.8 Å². The number of aromatic amines is 1. The molecule has 1 aliphatic rings. The number of carbonyl (C=O) groups is 9. The van der Waals surface area contributed by atoms with Gasteiger partial charge >= 0.3 is 6.03 Å². The van der Waals surface area contributed by atoms with Crippen LogP contribution >= 0.6 is 0 Å². The van der Waals surface area contributed by atoms with E-state index in [1.54, 1.807) is 19.2 Å². The van der Waals surface area contributed by atoms with Crippen LogP contribution in [-0.2, 0) is 51.2 Å². The summed E-state index contributed by atoms with van der Waals surface area (Å²) in [5, 5.41) is 39.3. The van der Waals surface area contributed by atoms with E-state index in [0.717, 1.165) is 21.9 Å². The molecule has 18 N–H and O–H groups in total. The summed E-state index contributed by atoms with van der Waals surface area (Å²) < 4.78 is 15.4. The zero-order valence-corrected chi connectivity index (χ0v) is 42.2. The van der Waals surface area contributed by atoms with Crippen molar-refractivity contribution in [3.05, 3.63) is 71.7 Å². The normalized spacial score (nSPS) is 20.1. The Morgan fingerprint density at radius 2 is 1.41 bits per heavy atom. The number of aromatic nitrogens is 1. The van der Waals surface area contributed by atoms with Crippen LogP contribution in [-0.4, -0.2) is 138 Å². The highest BCUT2D eigenvalue weighted by atomic mass is 19.1. The lowest BCUT2D eigenvalue weighted by atomic mass is 10.0. The number of para-hydroxylation sites is 1. The number of urea groups is 1. The maximum Gasteiger partial charge on any atom is 0.324 e. The molecule has 1 aromatic heterocycles. The van der Waals surface area contributed by atoms with Crippen molar-refractivity contribution < 1.29 is 47.5 Å². The Kier molecular flexibility index (Phi) is 23.7. The van der Waals surface area contributed by atoms with Crippen LogP contribution in [0.1, 0.15) is 89.2 Å². The molecule has 25 nitrogen and oxygen atoms in total. The molecule has 6 atom stereocenters. The summed E-state index contributed by atoms with van der Waals surface area (Å²) >= 11 is 0. The van der Waals surface area contributed by atoms with Crippen LogP contribution in [0.3, 0.4) is 0 Å². The Bertz CT molecular complexity index is 2520. The van der Waals surface area contributed by atoms with Gasteiger partial charge in [-0.25, -0.2) is 9.18 Å². The number of benzene rings is 2. The van der Waals surface area contributed by atoms with Gasteiger partial charge in [0.25, 0.3) is 5.91 Å². The fraction of sp³-hybridized carbons (Fsp3) is 0.490. The van der Waals surface area contributed by atoms with Gasteiger partial charge in [-0.15, -0.1) is 0 Å². The number of nitrogens with one attached hydrogen (secondary N) is 12. The number of nitrogens with zero attached hydrogens (tertiary/aromatic N) is 1. The van der Waals surface area contributed by atoms with Crippen LogP contribution in [0.4, 0.5) is 9.18 Å². The second kappa shape index (κ2) is 30.0. The number of hydrogen-bond donors (Lipinski definition) is 15. The van der Waals surface area contributed by atoms with Gasteiger partial charge in [0.05, 0.1) is 0 Å². The lowest BCUT2D eigenvalue weighted by Gasteiger charge is -2.30. The molecule has 0 aliphatic carbocycles. The number of nitrogens with two attached hydrogens (primary N) is 3. The molecule has 2 heterocycles. The number of rotatable bonds is 19. The second-order valence-electron chi connectivity index (χ2n) is 18.1. The molecule has 1 saturated heterocycles. The number of fused-ring (bicyclic) bond motifs is 1. The van der Waals surface area contributed by atoms with E-state index >= 15 is 4.39 Å². The Morgan fingerprint density at radius 3 is 2.09 bits per heavy atom. The first-order valence-electron chi connectivity index (χ1n) is 24.9. The minimum atomic E-state index is -1.69. The first-order valence-corrected chi connectivity index (χ1v) is 24.9. The minimum absolute atomic E-state index is 0.0176. The van der Waals surface area contributed by atoms with E-state index in [-0.39, 0.29) is 108 Å². The average Bonchev–Trinajstić information content (AvgIpc) is 3.77. The summed E-state index contributed by atoms with van der Waals surface area (Å²) in [5.74, 6) is -8.06. The molecular formula is C49H71FN16O9. The van der Waals surface area contributed by atoms with Crippen molar-refractivity contribution in [1.29, 1.82) is 10.8 Å². The van der Waals surface area contributed by atoms with Crippen LogP contribution in [0.25, 0.3) is 10.9 Å². The molecule has 0 radical (unpaired) electrons. The number of unbranched alkanes of at least 4 members (excludes halogenated alkanes) is 1. The van der Waals surface area contributed by atoms with Gasteiger partial charge in [-0.3, -0.25) is 54.1 Å². The molecule has 1 aliphatic heterocycles. The fourth-order valence-corrected chi connectivity index (χ4v) is 8.24. The van der Waals surface area contributed by atoms with Crippen molar-refractivity contribution in [2.45, 2.75) is 127 Å². The van der Waals surface area contributed by atoms with Gasteiger partial charge in [-0.05, 0) is 74.6 Å². The predicted octanol–water partition coefficient (Wildman–Crippen LogP) is -1.05. The molecule has 1 fully saturated rings. The highest BCUT2D eigenvalue weighted by molar-refractivity contribution is 6.02. The largest absolute Gasteiger partial charge is 0.370 e. The number of halogens is 1. The monoisotopic (exact) mass is 1050 g/mol. The summed E-state index contributed by atoms with van der Waals surface area (Å²) in [4.78, 5) is 129. The third kappa shape index (κ3) is 19.6. The maximum atomic E-state index is 15.4. The molecule has 2 aromatic carbocycles. The number of carbonyl (C=O) groups excluding carboxylic acids is 9. The van der Waals surface area contributed by atoms with Crippen LogP contribution in [0.5, 0.6) is 0 Å². The van der Waals surface area contributed by atoms with Crippen LogP contribution < -0.4 is 65.1 Å². The Labute approximate surface area is 433 Å². The summed E-state index contributed by atoms with van der Waals surface area (Å²) in [5.41, 5.74) is 18.0. The first-order chi connectivity index (χ1) is 35.8. The molecule has 0 bridgehead atoms. The van der Waals surface area contributed by atoms with Crippen molar-refractivity contribution in [2.75, 3.05) is 26.2 Å². The lowest BCUT2D eigenvalue weighted by molar-refractivity contribution is -0.136. The van der Waals surface area contributed by atoms with Crippen molar-refractivity contribution >= 4 is 76.1 Å².